The number of nitrogens with two attached hydrogens (primary N) is 1. The van der Waals surface area contributed by atoms with Gasteiger partial charge in [-0.15, -0.1) is 0 Å². The molecule has 0 saturated carbocycles. The minimum atomic E-state index is -0.0951. The summed E-state index contributed by atoms with van der Waals surface area (Å²) in [6, 6.07) is 13.5. The quantitative estimate of drug-likeness (QED) is 0.769. The molecule has 1 aliphatic heterocycles. The van der Waals surface area contributed by atoms with Gasteiger partial charge in [-0.25, -0.2) is 4.98 Å². The van der Waals surface area contributed by atoms with Crippen LogP contribution >= 0.6 is 11.3 Å². The van der Waals surface area contributed by atoms with Crippen LogP contribution in [-0.4, -0.2) is 24.0 Å². The average Bonchev–Trinajstić information content (AvgIpc) is 2.98. The molecule has 2 heterocycles. The lowest BCUT2D eigenvalue weighted by Crippen LogP contribution is -2.34. The number of anilines is 1. The van der Waals surface area contributed by atoms with Crippen molar-refractivity contribution in [3.63, 3.8) is 0 Å². The van der Waals surface area contributed by atoms with Gasteiger partial charge in [-0.2, -0.15) is 0 Å². The molecule has 24 heavy (non-hydrogen) atoms. The van der Waals surface area contributed by atoms with Crippen molar-refractivity contribution in [2.24, 2.45) is 5.92 Å². The van der Waals surface area contributed by atoms with Crippen molar-refractivity contribution in [3.05, 3.63) is 53.6 Å². The van der Waals surface area contributed by atoms with E-state index < -0.39 is 0 Å². The Bertz CT molecular complexity index is 906. The fraction of sp³-hybridized carbons (Fsp3) is 0.222. The van der Waals surface area contributed by atoms with Crippen molar-refractivity contribution in [1.82, 2.24) is 10.3 Å². The molecule has 3 aromatic rings. The van der Waals surface area contributed by atoms with Gasteiger partial charge in [-0.3, -0.25) is 4.79 Å². The van der Waals surface area contributed by atoms with Crippen molar-refractivity contribution >= 4 is 32.6 Å². The van der Waals surface area contributed by atoms with Gasteiger partial charge in [0.05, 0.1) is 16.8 Å². The summed E-state index contributed by atoms with van der Waals surface area (Å²) in [5, 5.41) is 3.51. The number of fused-ring (bicyclic) bond motifs is 2. The Kier molecular flexibility index (Phi) is 3.82. The van der Waals surface area contributed by atoms with Crippen molar-refractivity contribution in [2.75, 3.05) is 18.9 Å². The Balaban J connectivity index is 1.41. The fourth-order valence-electron chi connectivity index (χ4n) is 2.95. The molecule has 0 saturated heterocycles. The van der Waals surface area contributed by atoms with Gasteiger partial charge in [0.15, 0.2) is 5.13 Å². The maximum absolute atomic E-state index is 12.4. The van der Waals surface area contributed by atoms with Gasteiger partial charge in [-0.05, 0) is 36.2 Å². The molecular formula is C18H17N3O2S. The molecule has 0 bridgehead atoms. The molecule has 6 heteroatoms. The Morgan fingerprint density at radius 3 is 3.12 bits per heavy atom. The van der Waals surface area contributed by atoms with Gasteiger partial charge in [0.2, 0.25) is 0 Å². The summed E-state index contributed by atoms with van der Waals surface area (Å²) in [7, 11) is 0. The largest absolute Gasteiger partial charge is 0.493 e. The topological polar surface area (TPSA) is 77.2 Å². The SMILES string of the molecule is Nc1nc2cc(C(=O)NCC3COc4ccccc4C3)ccc2s1. The number of benzene rings is 2. The number of nitrogens with one attached hydrogen (secondary N) is 1. The number of rotatable bonds is 3. The maximum atomic E-state index is 12.4. The summed E-state index contributed by atoms with van der Waals surface area (Å²) in [4.78, 5) is 16.6. The first-order chi connectivity index (χ1) is 11.7. The van der Waals surface area contributed by atoms with E-state index in [1.807, 2.05) is 30.3 Å². The molecule has 0 radical (unpaired) electrons. The van der Waals surface area contributed by atoms with Crippen LogP contribution in [0.1, 0.15) is 15.9 Å². The Morgan fingerprint density at radius 2 is 2.21 bits per heavy atom. The third-order valence-corrected chi connectivity index (χ3v) is 5.04. The summed E-state index contributed by atoms with van der Waals surface area (Å²) in [5.41, 5.74) is 8.27. The molecule has 1 unspecified atom stereocenters. The van der Waals surface area contributed by atoms with E-state index in [2.05, 4.69) is 16.4 Å². The first kappa shape index (κ1) is 15.0. The highest BCUT2D eigenvalue weighted by Crippen LogP contribution is 2.27. The second-order valence-corrected chi connectivity index (χ2v) is 7.00. The van der Waals surface area contributed by atoms with E-state index >= 15 is 0 Å². The number of aromatic nitrogens is 1. The van der Waals surface area contributed by atoms with Crippen molar-refractivity contribution in [2.45, 2.75) is 6.42 Å². The van der Waals surface area contributed by atoms with Crippen LogP contribution in [0.25, 0.3) is 10.2 Å². The van der Waals surface area contributed by atoms with Gasteiger partial charge < -0.3 is 15.8 Å². The van der Waals surface area contributed by atoms with Crippen LogP contribution < -0.4 is 15.8 Å². The van der Waals surface area contributed by atoms with Gasteiger partial charge in [-0.1, -0.05) is 29.5 Å². The highest BCUT2D eigenvalue weighted by atomic mass is 32.1. The van der Waals surface area contributed by atoms with Crippen LogP contribution in [0.3, 0.4) is 0 Å². The normalized spacial score (nSPS) is 16.4. The number of hydrogen-bond donors (Lipinski definition) is 2. The number of thiazole rings is 1. The zero-order valence-electron chi connectivity index (χ0n) is 13.0. The molecule has 0 fully saturated rings. The van der Waals surface area contributed by atoms with Crippen LogP contribution in [0.2, 0.25) is 0 Å². The van der Waals surface area contributed by atoms with E-state index in [0.717, 1.165) is 22.4 Å². The molecule has 0 aliphatic carbocycles. The fourth-order valence-corrected chi connectivity index (χ4v) is 3.66. The zero-order valence-corrected chi connectivity index (χ0v) is 13.8. The minimum Gasteiger partial charge on any atom is -0.493 e. The Hall–Kier alpha value is -2.60. The first-order valence-electron chi connectivity index (χ1n) is 7.84. The van der Waals surface area contributed by atoms with Crippen LogP contribution in [0.4, 0.5) is 5.13 Å². The molecule has 1 atom stereocenters. The number of carbonyl (C=O) groups is 1. The van der Waals surface area contributed by atoms with E-state index in [0.29, 0.717) is 23.8 Å². The van der Waals surface area contributed by atoms with Crippen LogP contribution in [-0.2, 0) is 6.42 Å². The summed E-state index contributed by atoms with van der Waals surface area (Å²) in [6.07, 6.45) is 0.915. The number of ether oxygens (including phenoxy) is 1. The monoisotopic (exact) mass is 339 g/mol. The standard InChI is InChI=1S/C18H17N3O2S/c19-18-21-14-8-13(5-6-16(14)24-18)17(22)20-9-11-7-12-3-1-2-4-15(12)23-10-11/h1-6,8,11H,7,9-10H2,(H2,19,21)(H,20,22). The second-order valence-electron chi connectivity index (χ2n) is 5.93. The molecule has 1 amide bonds. The minimum absolute atomic E-state index is 0.0951. The molecular weight excluding hydrogens is 322 g/mol. The second kappa shape index (κ2) is 6.13. The number of nitrogen functional groups attached to an aromatic ring is 1. The van der Waals surface area contributed by atoms with E-state index in [4.69, 9.17) is 10.5 Å². The van der Waals surface area contributed by atoms with Gasteiger partial charge in [0, 0.05) is 18.0 Å². The van der Waals surface area contributed by atoms with Gasteiger partial charge in [0.1, 0.15) is 5.75 Å². The highest BCUT2D eigenvalue weighted by Gasteiger charge is 2.20. The van der Waals surface area contributed by atoms with E-state index in [9.17, 15) is 4.79 Å². The number of carbonyl (C=O) groups excluding carboxylic acids is 1. The lowest BCUT2D eigenvalue weighted by molar-refractivity contribution is 0.0939. The summed E-state index contributed by atoms with van der Waals surface area (Å²) in [6.45, 7) is 1.21. The lowest BCUT2D eigenvalue weighted by atomic mass is 9.96. The van der Waals surface area contributed by atoms with E-state index in [-0.39, 0.29) is 11.8 Å². The van der Waals surface area contributed by atoms with Gasteiger partial charge in [0.25, 0.3) is 5.91 Å². The van der Waals surface area contributed by atoms with Crippen LogP contribution in [0.15, 0.2) is 42.5 Å². The predicted molar refractivity (Wildman–Crippen MR) is 95.5 cm³/mol. The Labute approximate surface area is 143 Å². The summed E-state index contributed by atoms with van der Waals surface area (Å²) < 4.78 is 6.75. The molecule has 5 nitrogen and oxygen atoms in total. The molecule has 4 rings (SSSR count). The third kappa shape index (κ3) is 2.92. The van der Waals surface area contributed by atoms with Crippen molar-refractivity contribution < 1.29 is 9.53 Å². The lowest BCUT2D eigenvalue weighted by Gasteiger charge is -2.25. The summed E-state index contributed by atoms with van der Waals surface area (Å²) in [5.74, 6) is 1.14. The zero-order chi connectivity index (χ0) is 16.5. The predicted octanol–water partition coefficient (Wildman–Crippen LogP) is 2.86. The van der Waals surface area contributed by atoms with E-state index in [1.165, 1.54) is 16.9 Å². The molecule has 1 aliphatic rings. The smallest absolute Gasteiger partial charge is 0.251 e. The number of amides is 1. The molecule has 3 N–H and O–H groups in total. The summed E-state index contributed by atoms with van der Waals surface area (Å²) >= 11 is 1.42. The number of hydrogen-bond acceptors (Lipinski definition) is 5. The first-order valence-corrected chi connectivity index (χ1v) is 8.65. The number of nitrogens with zero attached hydrogens (tertiary/aromatic N) is 1. The molecule has 2 aromatic carbocycles. The average molecular weight is 339 g/mol. The van der Waals surface area contributed by atoms with Crippen molar-refractivity contribution in [3.8, 4) is 5.75 Å². The van der Waals surface area contributed by atoms with E-state index in [1.54, 1.807) is 6.07 Å². The Morgan fingerprint density at radius 1 is 1.33 bits per heavy atom. The van der Waals surface area contributed by atoms with Crippen molar-refractivity contribution in [1.29, 1.82) is 0 Å². The third-order valence-electron chi connectivity index (χ3n) is 4.17. The molecule has 0 spiro atoms. The number of para-hydroxylation sites is 1. The maximum Gasteiger partial charge on any atom is 0.251 e. The van der Waals surface area contributed by atoms with Gasteiger partial charge >= 0.3 is 0 Å². The highest BCUT2D eigenvalue weighted by molar-refractivity contribution is 7.22. The van der Waals surface area contributed by atoms with Crippen LogP contribution in [0.5, 0.6) is 5.75 Å². The molecule has 122 valence electrons. The molecule has 1 aromatic heterocycles. The van der Waals surface area contributed by atoms with Crippen LogP contribution in [0, 0.1) is 5.92 Å².